The first-order chi connectivity index (χ1) is 10.3. The van der Waals surface area contributed by atoms with Crippen molar-refractivity contribution >= 4 is 27.3 Å². The van der Waals surface area contributed by atoms with Crippen LogP contribution in [0.3, 0.4) is 0 Å². The second kappa shape index (κ2) is 6.38. The minimum Gasteiger partial charge on any atom is -0.258 e. The second-order valence-electron chi connectivity index (χ2n) is 4.51. The summed E-state index contributed by atoms with van der Waals surface area (Å²) in [5.41, 5.74) is -0.278. The zero-order chi connectivity index (χ0) is 16.3. The average Bonchev–Trinajstić information content (AvgIpc) is 2.90. The van der Waals surface area contributed by atoms with Crippen molar-refractivity contribution in [3.63, 3.8) is 0 Å². The van der Waals surface area contributed by atoms with E-state index in [0.29, 0.717) is 0 Å². The fourth-order valence-corrected chi connectivity index (χ4v) is 3.57. The van der Waals surface area contributed by atoms with Gasteiger partial charge in [0.05, 0.1) is 16.5 Å². The fraction of sp³-hybridized carbons (Fsp3) is 0.273. The predicted molar refractivity (Wildman–Crippen MR) is 77.9 cm³/mol. The van der Waals surface area contributed by atoms with Gasteiger partial charge in [0.1, 0.15) is 17.6 Å². The molecule has 11 heteroatoms. The van der Waals surface area contributed by atoms with E-state index >= 15 is 0 Å². The van der Waals surface area contributed by atoms with Crippen LogP contribution in [-0.2, 0) is 16.6 Å². The first-order valence-corrected chi connectivity index (χ1v) is 7.94. The molecule has 22 heavy (non-hydrogen) atoms. The maximum Gasteiger partial charge on any atom is 0.271 e. The zero-order valence-electron chi connectivity index (χ0n) is 11.4. The Bertz CT molecular complexity index is 778. The normalized spacial score (nSPS) is 13.0. The van der Waals surface area contributed by atoms with Gasteiger partial charge in [-0.3, -0.25) is 14.8 Å². The molecule has 0 aliphatic heterocycles. The summed E-state index contributed by atoms with van der Waals surface area (Å²) in [6.45, 7) is 1.93. The third-order valence-corrected chi connectivity index (χ3v) is 4.77. The van der Waals surface area contributed by atoms with Gasteiger partial charge in [0, 0.05) is 18.2 Å². The number of aromatic nitrogens is 3. The van der Waals surface area contributed by atoms with E-state index < -0.39 is 21.0 Å². The molecule has 1 N–H and O–H groups in total. The standard InChI is InChI=1S/C11H12ClN5O4S/c1-8(5-16-7-13-6-14-16)15-22(20,21)11-3-2-9(17(18)19)4-10(11)12/h2-4,6-8,15H,5H2,1H3/t8-/m1/s1. The monoisotopic (exact) mass is 345 g/mol. The van der Waals surface area contributed by atoms with Crippen LogP contribution in [0.25, 0.3) is 0 Å². The maximum atomic E-state index is 12.3. The molecular weight excluding hydrogens is 334 g/mol. The van der Waals surface area contributed by atoms with E-state index in [4.69, 9.17) is 11.6 Å². The molecule has 1 heterocycles. The Morgan fingerprint density at radius 1 is 1.50 bits per heavy atom. The highest BCUT2D eigenvalue weighted by Gasteiger charge is 2.22. The van der Waals surface area contributed by atoms with Gasteiger partial charge in [-0.25, -0.2) is 18.1 Å². The molecule has 118 valence electrons. The van der Waals surface area contributed by atoms with Crippen LogP contribution in [0.5, 0.6) is 0 Å². The highest BCUT2D eigenvalue weighted by molar-refractivity contribution is 7.89. The van der Waals surface area contributed by atoms with Crippen molar-refractivity contribution in [1.29, 1.82) is 0 Å². The summed E-state index contributed by atoms with van der Waals surface area (Å²) >= 11 is 5.83. The van der Waals surface area contributed by atoms with Crippen LogP contribution in [0.2, 0.25) is 5.02 Å². The minimum absolute atomic E-state index is 0.213. The van der Waals surface area contributed by atoms with Gasteiger partial charge in [0.15, 0.2) is 0 Å². The molecule has 2 aromatic rings. The first kappa shape index (κ1) is 16.3. The van der Waals surface area contributed by atoms with Gasteiger partial charge in [-0.05, 0) is 13.0 Å². The molecule has 0 spiro atoms. The number of rotatable bonds is 6. The third kappa shape index (κ3) is 3.78. The van der Waals surface area contributed by atoms with Crippen LogP contribution in [0.1, 0.15) is 6.92 Å². The highest BCUT2D eigenvalue weighted by atomic mass is 35.5. The lowest BCUT2D eigenvalue weighted by Gasteiger charge is -2.14. The van der Waals surface area contributed by atoms with Crippen molar-refractivity contribution < 1.29 is 13.3 Å². The van der Waals surface area contributed by atoms with Crippen molar-refractivity contribution in [2.45, 2.75) is 24.4 Å². The lowest BCUT2D eigenvalue weighted by Crippen LogP contribution is -2.35. The fourth-order valence-electron chi connectivity index (χ4n) is 1.79. The van der Waals surface area contributed by atoms with E-state index in [-0.39, 0.29) is 22.2 Å². The number of non-ortho nitro benzene ring substituents is 1. The van der Waals surface area contributed by atoms with Crippen LogP contribution >= 0.6 is 11.6 Å². The lowest BCUT2D eigenvalue weighted by atomic mass is 10.3. The van der Waals surface area contributed by atoms with Gasteiger partial charge >= 0.3 is 0 Å². The molecule has 0 bridgehead atoms. The molecule has 0 saturated carbocycles. The molecule has 9 nitrogen and oxygen atoms in total. The number of nitrogens with one attached hydrogen (secondary N) is 1. The molecule has 0 aliphatic carbocycles. The summed E-state index contributed by atoms with van der Waals surface area (Å²) in [5.74, 6) is 0. The van der Waals surface area contributed by atoms with Gasteiger partial charge in [-0.15, -0.1) is 0 Å². The number of nitro groups is 1. The van der Waals surface area contributed by atoms with E-state index in [9.17, 15) is 18.5 Å². The lowest BCUT2D eigenvalue weighted by molar-refractivity contribution is -0.384. The molecule has 0 unspecified atom stereocenters. The van der Waals surface area contributed by atoms with Crippen LogP contribution in [0, 0.1) is 10.1 Å². The van der Waals surface area contributed by atoms with E-state index in [2.05, 4.69) is 14.8 Å². The number of nitrogens with zero attached hydrogens (tertiary/aromatic N) is 4. The number of nitro benzene ring substituents is 1. The SMILES string of the molecule is C[C@H](Cn1cncn1)NS(=O)(=O)c1ccc([N+](=O)[O-])cc1Cl. The number of hydrogen-bond acceptors (Lipinski definition) is 6. The Labute approximate surface area is 131 Å². The van der Waals surface area contributed by atoms with Crippen LogP contribution < -0.4 is 4.72 Å². The largest absolute Gasteiger partial charge is 0.271 e. The predicted octanol–water partition coefficient (Wildman–Crippen LogP) is 1.21. The molecule has 0 fully saturated rings. The van der Waals surface area contributed by atoms with E-state index in [1.165, 1.54) is 17.3 Å². The summed E-state index contributed by atoms with van der Waals surface area (Å²) < 4.78 is 28.4. The summed E-state index contributed by atoms with van der Waals surface area (Å²) in [6, 6.07) is 2.71. The minimum atomic E-state index is -3.90. The third-order valence-electron chi connectivity index (χ3n) is 2.70. The molecule has 1 atom stereocenters. The summed E-state index contributed by atoms with van der Waals surface area (Å²) in [5, 5.41) is 14.3. The highest BCUT2D eigenvalue weighted by Crippen LogP contribution is 2.26. The Hall–Kier alpha value is -2.04. The topological polar surface area (TPSA) is 120 Å². The molecular formula is C11H12ClN5O4S. The Morgan fingerprint density at radius 2 is 2.23 bits per heavy atom. The molecule has 2 rings (SSSR count). The van der Waals surface area contributed by atoms with Gasteiger partial charge in [-0.2, -0.15) is 5.10 Å². The van der Waals surface area contributed by atoms with Crippen molar-refractivity contribution in [1.82, 2.24) is 19.5 Å². The van der Waals surface area contributed by atoms with Crippen molar-refractivity contribution in [2.24, 2.45) is 0 Å². The van der Waals surface area contributed by atoms with Gasteiger partial charge in [0.25, 0.3) is 5.69 Å². The van der Waals surface area contributed by atoms with Crippen molar-refractivity contribution in [3.8, 4) is 0 Å². The molecule has 0 aliphatic rings. The number of benzene rings is 1. The quantitative estimate of drug-likeness (QED) is 0.620. The molecule has 0 radical (unpaired) electrons. The summed E-state index contributed by atoms with van der Waals surface area (Å²) in [6.07, 6.45) is 2.80. The van der Waals surface area contributed by atoms with Crippen LogP contribution in [0.15, 0.2) is 35.7 Å². The van der Waals surface area contributed by atoms with E-state index in [0.717, 1.165) is 18.2 Å². The van der Waals surface area contributed by atoms with Gasteiger partial charge in [0.2, 0.25) is 10.0 Å². The number of hydrogen-bond donors (Lipinski definition) is 1. The summed E-state index contributed by atoms with van der Waals surface area (Å²) in [7, 11) is -3.90. The van der Waals surface area contributed by atoms with E-state index in [1.54, 1.807) is 6.92 Å². The molecule has 1 aromatic carbocycles. The smallest absolute Gasteiger partial charge is 0.258 e. The maximum absolute atomic E-state index is 12.3. The number of sulfonamides is 1. The molecule has 0 saturated heterocycles. The van der Waals surface area contributed by atoms with Crippen LogP contribution in [0.4, 0.5) is 5.69 Å². The first-order valence-electron chi connectivity index (χ1n) is 6.08. The average molecular weight is 346 g/mol. The second-order valence-corrected chi connectivity index (χ2v) is 6.60. The van der Waals surface area contributed by atoms with Gasteiger partial charge < -0.3 is 0 Å². The van der Waals surface area contributed by atoms with E-state index in [1.807, 2.05) is 0 Å². The van der Waals surface area contributed by atoms with Crippen molar-refractivity contribution in [2.75, 3.05) is 0 Å². The van der Waals surface area contributed by atoms with Crippen molar-refractivity contribution in [3.05, 3.63) is 46.0 Å². The Balaban J connectivity index is 2.18. The van der Waals surface area contributed by atoms with Crippen LogP contribution in [-0.4, -0.2) is 34.1 Å². The zero-order valence-corrected chi connectivity index (χ0v) is 13.0. The molecule has 1 aromatic heterocycles. The summed E-state index contributed by atoms with van der Waals surface area (Å²) in [4.78, 5) is 13.5. The number of halogens is 1. The molecule has 0 amide bonds. The Morgan fingerprint density at radius 3 is 2.77 bits per heavy atom. The Kier molecular flexibility index (Phi) is 4.74. The van der Waals surface area contributed by atoms with Gasteiger partial charge in [-0.1, -0.05) is 11.6 Å².